The minimum Gasteiger partial charge on any atom is -0.465 e. The second kappa shape index (κ2) is 6.83. The van der Waals surface area contributed by atoms with Gasteiger partial charge in [-0.1, -0.05) is 30.3 Å². The molecule has 0 atom stereocenters. The number of para-hydroxylation sites is 1. The highest BCUT2D eigenvalue weighted by Crippen LogP contribution is 2.28. The number of hydrogen-bond acceptors (Lipinski definition) is 4. The van der Waals surface area contributed by atoms with Crippen molar-refractivity contribution in [1.29, 1.82) is 0 Å². The highest BCUT2D eigenvalue weighted by molar-refractivity contribution is 7.93. The number of benzene rings is 2. The van der Waals surface area contributed by atoms with Crippen LogP contribution in [0.2, 0.25) is 0 Å². The average molecular weight is 333 g/mol. The van der Waals surface area contributed by atoms with E-state index >= 15 is 0 Å². The normalized spacial score (nSPS) is 11.3. The summed E-state index contributed by atoms with van der Waals surface area (Å²) in [6, 6.07) is 14.5. The zero-order valence-electron chi connectivity index (χ0n) is 13.3. The van der Waals surface area contributed by atoms with E-state index in [1.807, 2.05) is 6.07 Å². The Labute approximate surface area is 136 Å². The number of carbonyl (C=O) groups excluding carboxylic acids is 1. The van der Waals surface area contributed by atoms with Crippen LogP contribution in [0.3, 0.4) is 0 Å². The van der Waals surface area contributed by atoms with Gasteiger partial charge in [0.05, 0.1) is 18.4 Å². The summed E-state index contributed by atoms with van der Waals surface area (Å²) in [4.78, 5) is 11.8. The van der Waals surface area contributed by atoms with E-state index in [2.05, 4.69) is 0 Å². The molecule has 0 amide bonds. The van der Waals surface area contributed by atoms with Crippen LogP contribution in [0, 0.1) is 0 Å². The van der Waals surface area contributed by atoms with Gasteiger partial charge in [0.1, 0.15) is 4.90 Å². The number of ether oxygens (including phenoxy) is 1. The molecule has 0 saturated heterocycles. The fourth-order valence-corrected chi connectivity index (χ4v) is 4.21. The third kappa shape index (κ3) is 3.37. The van der Waals surface area contributed by atoms with Gasteiger partial charge in [0, 0.05) is 6.04 Å². The number of carbonyl (C=O) groups is 1. The van der Waals surface area contributed by atoms with Crippen LogP contribution < -0.4 is 4.31 Å². The van der Waals surface area contributed by atoms with Crippen molar-refractivity contribution in [2.24, 2.45) is 0 Å². The van der Waals surface area contributed by atoms with E-state index in [-0.39, 0.29) is 16.5 Å². The second-order valence-electron chi connectivity index (χ2n) is 5.22. The third-order valence-electron chi connectivity index (χ3n) is 3.31. The highest BCUT2D eigenvalue weighted by Gasteiger charge is 2.31. The van der Waals surface area contributed by atoms with Gasteiger partial charge < -0.3 is 4.74 Å². The summed E-state index contributed by atoms with van der Waals surface area (Å²) >= 11 is 0. The third-order valence-corrected chi connectivity index (χ3v) is 5.37. The number of esters is 1. The molecule has 0 saturated carbocycles. The maximum atomic E-state index is 13.1. The number of methoxy groups -OCH3 is 1. The molecule has 0 N–H and O–H groups in total. The van der Waals surface area contributed by atoms with Crippen LogP contribution in [0.1, 0.15) is 24.2 Å². The lowest BCUT2D eigenvalue weighted by Gasteiger charge is -2.28. The number of anilines is 1. The first-order valence-corrected chi connectivity index (χ1v) is 8.60. The predicted molar refractivity (Wildman–Crippen MR) is 89.0 cm³/mol. The van der Waals surface area contributed by atoms with Crippen LogP contribution in [-0.4, -0.2) is 27.5 Å². The fourth-order valence-electron chi connectivity index (χ4n) is 2.37. The molecule has 0 aliphatic heterocycles. The first kappa shape index (κ1) is 17.0. The molecule has 0 aromatic heterocycles. The Morgan fingerprint density at radius 3 is 2.13 bits per heavy atom. The molecule has 2 aromatic rings. The molecule has 0 fully saturated rings. The van der Waals surface area contributed by atoms with E-state index < -0.39 is 16.0 Å². The van der Waals surface area contributed by atoms with E-state index in [4.69, 9.17) is 4.74 Å². The predicted octanol–water partition coefficient (Wildman–Crippen LogP) is 3.08. The minimum atomic E-state index is -3.91. The van der Waals surface area contributed by atoms with Crippen LogP contribution in [0.15, 0.2) is 59.5 Å². The zero-order valence-corrected chi connectivity index (χ0v) is 14.1. The van der Waals surface area contributed by atoms with E-state index in [0.29, 0.717) is 5.69 Å². The van der Waals surface area contributed by atoms with Crippen molar-refractivity contribution in [1.82, 2.24) is 0 Å². The van der Waals surface area contributed by atoms with Gasteiger partial charge in [-0.3, -0.25) is 4.31 Å². The first-order chi connectivity index (χ1) is 10.9. The molecular weight excluding hydrogens is 314 g/mol. The summed E-state index contributed by atoms with van der Waals surface area (Å²) in [6.07, 6.45) is 0. The Balaban J connectivity index is 2.63. The van der Waals surface area contributed by atoms with Gasteiger partial charge in [0.15, 0.2) is 0 Å². The molecule has 5 nitrogen and oxygen atoms in total. The van der Waals surface area contributed by atoms with Crippen molar-refractivity contribution < 1.29 is 17.9 Å². The fraction of sp³-hybridized carbons (Fsp3) is 0.235. The largest absolute Gasteiger partial charge is 0.465 e. The SMILES string of the molecule is COC(=O)c1ccccc1S(=O)(=O)N(c1ccccc1)C(C)C. The minimum absolute atomic E-state index is 0.0246. The molecule has 2 aromatic carbocycles. The van der Waals surface area contributed by atoms with E-state index in [9.17, 15) is 13.2 Å². The summed E-state index contributed by atoms with van der Waals surface area (Å²) in [6.45, 7) is 3.57. The zero-order chi connectivity index (χ0) is 17.0. The molecule has 122 valence electrons. The Morgan fingerprint density at radius 2 is 1.57 bits per heavy atom. The van der Waals surface area contributed by atoms with Crippen LogP contribution in [-0.2, 0) is 14.8 Å². The number of rotatable bonds is 5. The molecule has 0 unspecified atom stereocenters. The summed E-state index contributed by atoms with van der Waals surface area (Å²) in [5.74, 6) is -0.680. The molecule has 23 heavy (non-hydrogen) atoms. The highest BCUT2D eigenvalue weighted by atomic mass is 32.2. The van der Waals surface area contributed by atoms with Gasteiger partial charge >= 0.3 is 5.97 Å². The standard InChI is InChI=1S/C17H19NO4S/c1-13(2)18(14-9-5-4-6-10-14)23(20,21)16-12-8-7-11-15(16)17(19)22-3/h4-13H,1-3H3. The molecule has 0 heterocycles. The van der Waals surface area contributed by atoms with E-state index in [1.165, 1.54) is 23.5 Å². The molecule has 0 aliphatic carbocycles. The summed E-state index contributed by atoms with van der Waals surface area (Å²) in [5.41, 5.74) is 0.568. The summed E-state index contributed by atoms with van der Waals surface area (Å²) < 4.78 is 32.3. The van der Waals surface area contributed by atoms with Crippen LogP contribution in [0.25, 0.3) is 0 Å². The Hall–Kier alpha value is -2.34. The summed E-state index contributed by atoms with van der Waals surface area (Å²) in [5, 5.41) is 0. The number of sulfonamides is 1. The van der Waals surface area contributed by atoms with Gasteiger partial charge in [-0.25, -0.2) is 13.2 Å². The second-order valence-corrected chi connectivity index (χ2v) is 7.00. The van der Waals surface area contributed by atoms with Gasteiger partial charge in [0.25, 0.3) is 10.0 Å². The van der Waals surface area contributed by atoms with Gasteiger partial charge in [0.2, 0.25) is 0 Å². The van der Waals surface area contributed by atoms with Crippen molar-refractivity contribution in [3.05, 3.63) is 60.2 Å². The topological polar surface area (TPSA) is 63.7 Å². The quantitative estimate of drug-likeness (QED) is 0.789. The van der Waals surface area contributed by atoms with Crippen molar-refractivity contribution in [2.75, 3.05) is 11.4 Å². The lowest BCUT2D eigenvalue weighted by Crippen LogP contribution is -2.37. The average Bonchev–Trinajstić information content (AvgIpc) is 2.54. The Morgan fingerprint density at radius 1 is 1.00 bits per heavy atom. The van der Waals surface area contributed by atoms with Crippen molar-refractivity contribution in [3.8, 4) is 0 Å². The molecule has 0 radical (unpaired) electrons. The molecule has 0 spiro atoms. The van der Waals surface area contributed by atoms with Gasteiger partial charge in [-0.15, -0.1) is 0 Å². The molecule has 2 rings (SSSR count). The maximum Gasteiger partial charge on any atom is 0.339 e. The van der Waals surface area contributed by atoms with Crippen LogP contribution >= 0.6 is 0 Å². The lowest BCUT2D eigenvalue weighted by molar-refractivity contribution is 0.0596. The Kier molecular flexibility index (Phi) is 5.05. The molecule has 0 aliphatic rings. The first-order valence-electron chi connectivity index (χ1n) is 7.16. The van der Waals surface area contributed by atoms with Crippen molar-refractivity contribution >= 4 is 21.7 Å². The number of nitrogens with zero attached hydrogens (tertiary/aromatic N) is 1. The van der Waals surface area contributed by atoms with Crippen LogP contribution in [0.4, 0.5) is 5.69 Å². The van der Waals surface area contributed by atoms with Gasteiger partial charge in [-0.05, 0) is 38.1 Å². The molecular formula is C17H19NO4S. The maximum absolute atomic E-state index is 13.1. The van der Waals surface area contributed by atoms with Crippen LogP contribution in [0.5, 0.6) is 0 Å². The smallest absolute Gasteiger partial charge is 0.339 e. The van der Waals surface area contributed by atoms with E-state index in [0.717, 1.165) is 0 Å². The monoisotopic (exact) mass is 333 g/mol. The Bertz CT molecular complexity index is 785. The van der Waals surface area contributed by atoms with E-state index in [1.54, 1.807) is 50.2 Å². The lowest BCUT2D eigenvalue weighted by atomic mass is 10.2. The van der Waals surface area contributed by atoms with Crippen molar-refractivity contribution in [2.45, 2.75) is 24.8 Å². The summed E-state index contributed by atoms with van der Waals surface area (Å²) in [7, 11) is -2.68. The van der Waals surface area contributed by atoms with Gasteiger partial charge in [-0.2, -0.15) is 0 Å². The number of hydrogen-bond donors (Lipinski definition) is 0. The van der Waals surface area contributed by atoms with Crippen molar-refractivity contribution in [3.63, 3.8) is 0 Å². The molecule has 0 bridgehead atoms. The molecule has 6 heteroatoms.